The Morgan fingerprint density at radius 2 is 1.81 bits per heavy atom. The van der Waals surface area contributed by atoms with Crippen LogP contribution >= 0.6 is 0 Å². The van der Waals surface area contributed by atoms with E-state index < -0.39 is 21.9 Å². The molecule has 7 nitrogen and oxygen atoms in total. The summed E-state index contributed by atoms with van der Waals surface area (Å²) in [6.45, 7) is 2.96. The standard InChI is InChI=1S/C13H18N2O5S/c1-9(13(17)18)7-15-21(19,20)12-5-3-11(4-6-12)8-14-10(2)16/h3-6,9,15H,7-8H2,1-2H3,(H,14,16)(H,17,18). The van der Waals surface area contributed by atoms with Gasteiger partial charge >= 0.3 is 5.97 Å². The van der Waals surface area contributed by atoms with Gasteiger partial charge in [0.05, 0.1) is 10.8 Å². The molecule has 0 saturated carbocycles. The zero-order valence-corrected chi connectivity index (χ0v) is 12.6. The minimum Gasteiger partial charge on any atom is -0.481 e. The maximum atomic E-state index is 12.0. The summed E-state index contributed by atoms with van der Waals surface area (Å²) in [7, 11) is -3.74. The van der Waals surface area contributed by atoms with Crippen molar-refractivity contribution in [3.63, 3.8) is 0 Å². The van der Waals surface area contributed by atoms with Gasteiger partial charge in [-0.2, -0.15) is 0 Å². The zero-order chi connectivity index (χ0) is 16.0. The molecule has 0 aliphatic carbocycles. The van der Waals surface area contributed by atoms with Gasteiger partial charge in [-0.15, -0.1) is 0 Å². The third-order valence-corrected chi connectivity index (χ3v) is 4.22. The maximum Gasteiger partial charge on any atom is 0.307 e. The van der Waals surface area contributed by atoms with E-state index >= 15 is 0 Å². The van der Waals surface area contributed by atoms with E-state index in [0.717, 1.165) is 5.56 Å². The van der Waals surface area contributed by atoms with Crippen LogP contribution in [0, 0.1) is 5.92 Å². The Balaban J connectivity index is 2.71. The molecule has 1 unspecified atom stereocenters. The van der Waals surface area contributed by atoms with Gasteiger partial charge in [0.15, 0.2) is 0 Å². The fourth-order valence-corrected chi connectivity index (χ4v) is 2.55. The summed E-state index contributed by atoms with van der Waals surface area (Å²) in [5.41, 5.74) is 0.767. The lowest BCUT2D eigenvalue weighted by molar-refractivity contribution is -0.140. The molecule has 1 aromatic carbocycles. The first-order valence-electron chi connectivity index (χ1n) is 6.28. The lowest BCUT2D eigenvalue weighted by Gasteiger charge is -2.10. The van der Waals surface area contributed by atoms with Gasteiger partial charge in [-0.05, 0) is 17.7 Å². The summed E-state index contributed by atoms with van der Waals surface area (Å²) in [5, 5.41) is 11.3. The van der Waals surface area contributed by atoms with Crippen LogP contribution in [-0.2, 0) is 26.2 Å². The molecule has 3 N–H and O–H groups in total. The van der Waals surface area contributed by atoms with Gasteiger partial charge in [0.1, 0.15) is 0 Å². The Kier molecular flexibility index (Phi) is 5.86. The Morgan fingerprint density at radius 1 is 1.24 bits per heavy atom. The van der Waals surface area contributed by atoms with Gasteiger partial charge in [-0.3, -0.25) is 9.59 Å². The van der Waals surface area contributed by atoms with Crippen LogP contribution in [-0.4, -0.2) is 31.9 Å². The van der Waals surface area contributed by atoms with Crippen molar-refractivity contribution in [1.82, 2.24) is 10.0 Å². The van der Waals surface area contributed by atoms with Gasteiger partial charge in [0.2, 0.25) is 15.9 Å². The number of carbonyl (C=O) groups is 2. The van der Waals surface area contributed by atoms with Crippen molar-refractivity contribution in [3.8, 4) is 0 Å². The number of carbonyl (C=O) groups excluding carboxylic acids is 1. The van der Waals surface area contributed by atoms with Gasteiger partial charge in [-0.25, -0.2) is 13.1 Å². The first kappa shape index (κ1) is 17.1. The van der Waals surface area contributed by atoms with E-state index in [-0.39, 0.29) is 17.3 Å². The van der Waals surface area contributed by atoms with Gasteiger partial charge in [0, 0.05) is 20.0 Å². The molecule has 0 heterocycles. The molecular formula is C13H18N2O5S. The summed E-state index contributed by atoms with van der Waals surface area (Å²) in [5.74, 6) is -2.04. The highest BCUT2D eigenvalue weighted by Crippen LogP contribution is 2.11. The number of sulfonamides is 1. The first-order chi connectivity index (χ1) is 9.72. The molecular weight excluding hydrogens is 296 g/mol. The molecule has 0 aliphatic heterocycles. The van der Waals surface area contributed by atoms with E-state index in [1.807, 2.05) is 0 Å². The van der Waals surface area contributed by atoms with E-state index in [0.29, 0.717) is 6.54 Å². The average Bonchev–Trinajstić information content (AvgIpc) is 2.43. The molecule has 21 heavy (non-hydrogen) atoms. The van der Waals surface area contributed by atoms with Crippen LogP contribution in [0.1, 0.15) is 19.4 Å². The van der Waals surface area contributed by atoms with E-state index in [2.05, 4.69) is 10.0 Å². The SMILES string of the molecule is CC(=O)NCc1ccc(S(=O)(=O)NCC(C)C(=O)O)cc1. The molecule has 1 aromatic rings. The molecule has 0 aliphatic rings. The second kappa shape index (κ2) is 7.19. The smallest absolute Gasteiger partial charge is 0.307 e. The number of hydrogen-bond acceptors (Lipinski definition) is 4. The molecule has 0 aromatic heterocycles. The summed E-state index contributed by atoms with van der Waals surface area (Å²) in [6, 6.07) is 5.99. The molecule has 0 radical (unpaired) electrons. The highest BCUT2D eigenvalue weighted by atomic mass is 32.2. The second-order valence-electron chi connectivity index (χ2n) is 4.64. The van der Waals surface area contributed by atoms with Crippen LogP contribution < -0.4 is 10.0 Å². The summed E-state index contributed by atoms with van der Waals surface area (Å²) < 4.78 is 26.2. The van der Waals surface area contributed by atoms with Crippen molar-refractivity contribution in [2.24, 2.45) is 5.92 Å². The number of amides is 1. The Morgan fingerprint density at radius 3 is 2.29 bits per heavy atom. The van der Waals surface area contributed by atoms with Gasteiger partial charge in [0.25, 0.3) is 0 Å². The van der Waals surface area contributed by atoms with Crippen LogP contribution in [0.3, 0.4) is 0 Å². The number of nitrogens with one attached hydrogen (secondary N) is 2. The van der Waals surface area contributed by atoms with Gasteiger partial charge in [-0.1, -0.05) is 19.1 Å². The normalized spacial score (nSPS) is 12.7. The number of hydrogen-bond donors (Lipinski definition) is 3. The Hall–Kier alpha value is -1.93. The van der Waals surface area contributed by atoms with Crippen LogP contribution in [0.2, 0.25) is 0 Å². The van der Waals surface area contributed by atoms with Crippen molar-refractivity contribution in [2.45, 2.75) is 25.3 Å². The molecule has 0 bridgehead atoms. The van der Waals surface area contributed by atoms with Crippen molar-refractivity contribution in [3.05, 3.63) is 29.8 Å². The van der Waals surface area contributed by atoms with E-state index in [1.54, 1.807) is 12.1 Å². The second-order valence-corrected chi connectivity index (χ2v) is 6.41. The van der Waals surface area contributed by atoms with Crippen molar-refractivity contribution >= 4 is 21.9 Å². The third-order valence-electron chi connectivity index (χ3n) is 2.78. The minimum atomic E-state index is -3.74. The number of benzene rings is 1. The van der Waals surface area contributed by atoms with Crippen LogP contribution in [0.15, 0.2) is 29.2 Å². The van der Waals surface area contributed by atoms with E-state index in [4.69, 9.17) is 5.11 Å². The predicted molar refractivity (Wildman–Crippen MR) is 76.0 cm³/mol. The molecule has 8 heteroatoms. The fraction of sp³-hybridized carbons (Fsp3) is 0.385. The lowest BCUT2D eigenvalue weighted by Crippen LogP contribution is -2.31. The predicted octanol–water partition coefficient (Wildman–Crippen LogP) is 0.322. The number of carboxylic acid groups (broad SMARTS) is 1. The van der Waals surface area contributed by atoms with Crippen molar-refractivity contribution < 1.29 is 23.1 Å². The lowest BCUT2D eigenvalue weighted by atomic mass is 10.2. The largest absolute Gasteiger partial charge is 0.481 e. The van der Waals surface area contributed by atoms with Crippen LogP contribution in [0.25, 0.3) is 0 Å². The Bertz CT molecular complexity index is 610. The van der Waals surface area contributed by atoms with Crippen molar-refractivity contribution in [2.75, 3.05) is 6.54 Å². The molecule has 116 valence electrons. The highest BCUT2D eigenvalue weighted by molar-refractivity contribution is 7.89. The molecule has 1 atom stereocenters. The molecule has 1 rings (SSSR count). The van der Waals surface area contributed by atoms with Gasteiger partial charge < -0.3 is 10.4 Å². The first-order valence-corrected chi connectivity index (χ1v) is 7.76. The molecule has 0 saturated heterocycles. The number of rotatable bonds is 7. The number of aliphatic carboxylic acids is 1. The van der Waals surface area contributed by atoms with E-state index in [1.165, 1.54) is 26.0 Å². The topological polar surface area (TPSA) is 113 Å². The monoisotopic (exact) mass is 314 g/mol. The maximum absolute atomic E-state index is 12.0. The molecule has 1 amide bonds. The van der Waals surface area contributed by atoms with Crippen molar-refractivity contribution in [1.29, 1.82) is 0 Å². The summed E-state index contributed by atoms with van der Waals surface area (Å²) in [6.07, 6.45) is 0. The van der Waals surface area contributed by atoms with Crippen LogP contribution in [0.5, 0.6) is 0 Å². The quantitative estimate of drug-likeness (QED) is 0.671. The third kappa shape index (κ3) is 5.52. The Labute approximate surface area is 123 Å². The van der Waals surface area contributed by atoms with Crippen LogP contribution in [0.4, 0.5) is 0 Å². The summed E-state index contributed by atoms with van der Waals surface area (Å²) in [4.78, 5) is 21.5. The highest BCUT2D eigenvalue weighted by Gasteiger charge is 2.18. The fourth-order valence-electron chi connectivity index (χ4n) is 1.42. The average molecular weight is 314 g/mol. The zero-order valence-electron chi connectivity index (χ0n) is 11.8. The number of carboxylic acids is 1. The van der Waals surface area contributed by atoms with E-state index in [9.17, 15) is 18.0 Å². The molecule has 0 spiro atoms. The summed E-state index contributed by atoms with van der Waals surface area (Å²) >= 11 is 0. The molecule has 0 fully saturated rings. The minimum absolute atomic E-state index is 0.0478.